The maximum atomic E-state index is 12.5. The van der Waals surface area contributed by atoms with Gasteiger partial charge in [0.05, 0.1) is 17.3 Å². The predicted octanol–water partition coefficient (Wildman–Crippen LogP) is 2.36. The number of para-hydroxylation sites is 1. The second-order valence-corrected chi connectivity index (χ2v) is 4.81. The molecule has 0 aliphatic rings. The summed E-state index contributed by atoms with van der Waals surface area (Å²) in [6, 6.07) is 7.78. The molecule has 1 aromatic heterocycles. The first-order chi connectivity index (χ1) is 9.06. The van der Waals surface area contributed by atoms with Gasteiger partial charge in [0.1, 0.15) is 0 Å². The first-order valence-corrected chi connectivity index (χ1v) is 6.25. The molecule has 98 valence electrons. The van der Waals surface area contributed by atoms with Crippen molar-refractivity contribution in [2.24, 2.45) is 0 Å². The van der Waals surface area contributed by atoms with E-state index in [4.69, 9.17) is 5.26 Å². The van der Waals surface area contributed by atoms with Crippen molar-refractivity contribution in [1.29, 1.82) is 5.26 Å². The van der Waals surface area contributed by atoms with Crippen molar-refractivity contribution in [1.82, 2.24) is 4.98 Å². The van der Waals surface area contributed by atoms with Gasteiger partial charge in [-0.15, -0.1) is 0 Å². The summed E-state index contributed by atoms with van der Waals surface area (Å²) in [6.07, 6.45) is 0.864. The van der Waals surface area contributed by atoms with Gasteiger partial charge in [-0.1, -0.05) is 6.07 Å². The fraction of sp³-hybridized carbons (Fsp3) is 0.333. The zero-order chi connectivity index (χ0) is 14.0. The molecule has 1 aromatic carbocycles. The summed E-state index contributed by atoms with van der Waals surface area (Å²) in [5, 5.41) is 9.36. The van der Waals surface area contributed by atoms with Crippen LogP contribution in [0, 0.1) is 18.3 Å². The fourth-order valence-corrected chi connectivity index (χ4v) is 2.31. The van der Waals surface area contributed by atoms with E-state index in [-0.39, 0.29) is 5.43 Å². The Labute approximate surface area is 112 Å². The van der Waals surface area contributed by atoms with Crippen molar-refractivity contribution in [2.45, 2.75) is 19.8 Å². The van der Waals surface area contributed by atoms with Crippen LogP contribution in [0.15, 0.2) is 23.0 Å². The molecule has 0 bridgehead atoms. The lowest BCUT2D eigenvalue weighted by atomic mass is 10.0. The van der Waals surface area contributed by atoms with Crippen LogP contribution in [0.1, 0.15) is 17.7 Å². The molecule has 2 aromatic rings. The highest BCUT2D eigenvalue weighted by atomic mass is 16.1. The molecule has 4 heteroatoms. The average molecular weight is 255 g/mol. The number of rotatable bonds is 3. The Kier molecular flexibility index (Phi) is 3.57. The standard InChI is InChI=1S/C15H17N3O/c1-10-11(7-5-9-16)15(19)12-6-4-8-13(18(2)3)14(12)17-10/h4,6,8H,5,7H2,1-3H3,(H,17,19). The summed E-state index contributed by atoms with van der Waals surface area (Å²) in [5.74, 6) is 0. The van der Waals surface area contributed by atoms with E-state index in [1.165, 1.54) is 0 Å². The Bertz CT molecular complexity index is 708. The van der Waals surface area contributed by atoms with Crippen molar-refractivity contribution < 1.29 is 0 Å². The van der Waals surface area contributed by atoms with Crippen LogP contribution in [-0.2, 0) is 6.42 Å². The van der Waals surface area contributed by atoms with E-state index in [0.29, 0.717) is 23.8 Å². The van der Waals surface area contributed by atoms with Gasteiger partial charge in [0.25, 0.3) is 0 Å². The normalized spacial score (nSPS) is 10.4. The number of fused-ring (bicyclic) bond motifs is 1. The molecule has 4 nitrogen and oxygen atoms in total. The number of aryl methyl sites for hydroxylation is 1. The van der Waals surface area contributed by atoms with Gasteiger partial charge in [0, 0.05) is 37.2 Å². The molecule has 0 saturated carbocycles. The molecule has 0 amide bonds. The lowest BCUT2D eigenvalue weighted by molar-refractivity contribution is 0.966. The van der Waals surface area contributed by atoms with Crippen LogP contribution in [0.2, 0.25) is 0 Å². The highest BCUT2D eigenvalue weighted by Crippen LogP contribution is 2.22. The SMILES string of the molecule is Cc1[nH]c2c(N(C)C)cccc2c(=O)c1CCC#N. The third-order valence-corrected chi connectivity index (χ3v) is 3.29. The number of nitrogens with one attached hydrogen (secondary N) is 1. The fourth-order valence-electron chi connectivity index (χ4n) is 2.31. The van der Waals surface area contributed by atoms with E-state index in [9.17, 15) is 4.79 Å². The number of hydrogen-bond acceptors (Lipinski definition) is 3. The topological polar surface area (TPSA) is 59.9 Å². The number of pyridine rings is 1. The molecule has 0 aliphatic carbocycles. The van der Waals surface area contributed by atoms with Crippen LogP contribution >= 0.6 is 0 Å². The minimum Gasteiger partial charge on any atom is -0.376 e. The number of hydrogen-bond donors (Lipinski definition) is 1. The van der Waals surface area contributed by atoms with Crippen LogP contribution in [0.25, 0.3) is 10.9 Å². The lowest BCUT2D eigenvalue weighted by Gasteiger charge is -2.16. The lowest BCUT2D eigenvalue weighted by Crippen LogP contribution is -2.16. The highest BCUT2D eigenvalue weighted by molar-refractivity contribution is 5.91. The first-order valence-electron chi connectivity index (χ1n) is 6.25. The average Bonchev–Trinajstić information content (AvgIpc) is 2.37. The van der Waals surface area contributed by atoms with E-state index in [1.54, 1.807) is 0 Å². The van der Waals surface area contributed by atoms with Crippen molar-refractivity contribution >= 4 is 16.6 Å². The Balaban J connectivity index is 2.74. The minimum atomic E-state index is 0.0326. The van der Waals surface area contributed by atoms with E-state index in [2.05, 4.69) is 11.1 Å². The third-order valence-electron chi connectivity index (χ3n) is 3.29. The van der Waals surface area contributed by atoms with Crippen molar-refractivity contribution in [3.63, 3.8) is 0 Å². The summed E-state index contributed by atoms with van der Waals surface area (Å²) in [7, 11) is 3.90. The van der Waals surface area contributed by atoms with Gasteiger partial charge in [-0.3, -0.25) is 4.79 Å². The smallest absolute Gasteiger partial charge is 0.192 e. The number of H-pyrrole nitrogens is 1. The molecular weight excluding hydrogens is 238 g/mol. The second-order valence-electron chi connectivity index (χ2n) is 4.81. The highest BCUT2D eigenvalue weighted by Gasteiger charge is 2.12. The van der Waals surface area contributed by atoms with E-state index in [0.717, 1.165) is 16.9 Å². The summed E-state index contributed by atoms with van der Waals surface area (Å²) >= 11 is 0. The van der Waals surface area contributed by atoms with Gasteiger partial charge in [-0.25, -0.2) is 0 Å². The number of aromatic amines is 1. The van der Waals surface area contributed by atoms with Crippen molar-refractivity contribution in [2.75, 3.05) is 19.0 Å². The summed E-state index contributed by atoms with van der Waals surface area (Å²) in [6.45, 7) is 1.89. The number of nitrogens with zero attached hydrogens (tertiary/aromatic N) is 2. The number of nitriles is 1. The molecule has 0 radical (unpaired) electrons. The van der Waals surface area contributed by atoms with Gasteiger partial charge < -0.3 is 9.88 Å². The van der Waals surface area contributed by atoms with Crippen molar-refractivity contribution in [3.05, 3.63) is 39.7 Å². The quantitative estimate of drug-likeness (QED) is 0.915. The Hall–Kier alpha value is -2.28. The Morgan fingerprint density at radius 1 is 1.37 bits per heavy atom. The molecule has 0 atom stereocenters. The van der Waals surface area contributed by atoms with E-state index in [1.807, 2.05) is 44.1 Å². The predicted molar refractivity (Wildman–Crippen MR) is 77.6 cm³/mol. The molecule has 0 aliphatic heterocycles. The van der Waals surface area contributed by atoms with Gasteiger partial charge in [-0.05, 0) is 25.5 Å². The first kappa shape index (κ1) is 13.2. The summed E-state index contributed by atoms with van der Waals surface area (Å²) in [4.78, 5) is 17.8. The molecule has 0 unspecified atom stereocenters. The van der Waals surface area contributed by atoms with Gasteiger partial charge in [0.2, 0.25) is 0 Å². The zero-order valence-corrected chi connectivity index (χ0v) is 11.4. The zero-order valence-electron chi connectivity index (χ0n) is 11.4. The molecule has 2 rings (SSSR count). The van der Waals surface area contributed by atoms with Crippen LogP contribution in [0.5, 0.6) is 0 Å². The minimum absolute atomic E-state index is 0.0326. The van der Waals surface area contributed by atoms with Gasteiger partial charge in [0.15, 0.2) is 5.43 Å². The molecule has 1 N–H and O–H groups in total. The molecular formula is C15H17N3O. The number of aromatic nitrogens is 1. The summed E-state index contributed by atoms with van der Waals surface area (Å²) in [5.41, 5.74) is 3.44. The largest absolute Gasteiger partial charge is 0.376 e. The number of anilines is 1. The Morgan fingerprint density at radius 3 is 2.74 bits per heavy atom. The van der Waals surface area contributed by atoms with Crippen LogP contribution in [-0.4, -0.2) is 19.1 Å². The molecule has 0 spiro atoms. The molecule has 1 heterocycles. The monoisotopic (exact) mass is 255 g/mol. The third kappa shape index (κ3) is 2.32. The van der Waals surface area contributed by atoms with Gasteiger partial charge >= 0.3 is 0 Å². The summed E-state index contributed by atoms with van der Waals surface area (Å²) < 4.78 is 0. The molecule has 0 fully saturated rings. The second kappa shape index (κ2) is 5.15. The van der Waals surface area contributed by atoms with Crippen LogP contribution in [0.3, 0.4) is 0 Å². The van der Waals surface area contributed by atoms with Crippen LogP contribution in [0.4, 0.5) is 5.69 Å². The number of benzene rings is 1. The molecule has 19 heavy (non-hydrogen) atoms. The van der Waals surface area contributed by atoms with Gasteiger partial charge in [-0.2, -0.15) is 5.26 Å². The maximum Gasteiger partial charge on any atom is 0.192 e. The Morgan fingerprint density at radius 2 is 2.11 bits per heavy atom. The van der Waals surface area contributed by atoms with Crippen molar-refractivity contribution in [3.8, 4) is 6.07 Å². The molecule has 0 saturated heterocycles. The van der Waals surface area contributed by atoms with E-state index >= 15 is 0 Å². The maximum absolute atomic E-state index is 12.5. The van der Waals surface area contributed by atoms with E-state index < -0.39 is 0 Å². The van der Waals surface area contributed by atoms with Crippen LogP contribution < -0.4 is 10.3 Å².